The van der Waals surface area contributed by atoms with Crippen LogP contribution in [0.15, 0.2) is 22.7 Å². The maximum Gasteiger partial charge on any atom is 0.295 e. The quantitative estimate of drug-likeness (QED) is 0.894. The van der Waals surface area contributed by atoms with E-state index >= 15 is 0 Å². The normalized spacial score (nSPS) is 10.3. The van der Waals surface area contributed by atoms with Gasteiger partial charge in [-0.05, 0) is 31.5 Å². The van der Waals surface area contributed by atoms with E-state index in [2.05, 4.69) is 36.4 Å². The Morgan fingerprint density at radius 1 is 1.41 bits per heavy atom. The van der Waals surface area contributed by atoms with Crippen LogP contribution < -0.4 is 5.32 Å². The average molecular weight is 295 g/mol. The summed E-state index contributed by atoms with van der Waals surface area (Å²) in [7, 11) is 0. The second-order valence-electron chi connectivity index (χ2n) is 3.66. The van der Waals surface area contributed by atoms with E-state index < -0.39 is 0 Å². The summed E-state index contributed by atoms with van der Waals surface area (Å²) in [6.07, 6.45) is 0. The third kappa shape index (κ3) is 2.71. The molecule has 0 atom stereocenters. The third-order valence-corrected chi connectivity index (χ3v) is 3.08. The third-order valence-electron chi connectivity index (χ3n) is 2.23. The number of aromatic nitrogens is 3. The van der Waals surface area contributed by atoms with Crippen LogP contribution in [0.1, 0.15) is 22.0 Å². The molecule has 6 heteroatoms. The summed E-state index contributed by atoms with van der Waals surface area (Å²) >= 11 is 3.41. The van der Waals surface area contributed by atoms with Crippen LogP contribution in [0, 0.1) is 13.8 Å². The fourth-order valence-electron chi connectivity index (χ4n) is 1.30. The largest absolute Gasteiger partial charge is 0.319 e. The molecule has 17 heavy (non-hydrogen) atoms. The summed E-state index contributed by atoms with van der Waals surface area (Å²) < 4.78 is 0.946. The SMILES string of the molecule is Cc1nc(C(=O)Nc2ccc(C)c(Br)c2)n[nH]1. The number of amides is 1. The van der Waals surface area contributed by atoms with Gasteiger partial charge in [-0.25, -0.2) is 4.98 Å². The van der Waals surface area contributed by atoms with Gasteiger partial charge in [-0.15, -0.1) is 5.10 Å². The van der Waals surface area contributed by atoms with Crippen LogP contribution in [-0.4, -0.2) is 21.1 Å². The molecule has 1 heterocycles. The van der Waals surface area contributed by atoms with Crippen LogP contribution in [-0.2, 0) is 0 Å². The van der Waals surface area contributed by atoms with Gasteiger partial charge >= 0.3 is 0 Å². The summed E-state index contributed by atoms with van der Waals surface area (Å²) in [6, 6.07) is 5.59. The molecule has 2 rings (SSSR count). The lowest BCUT2D eigenvalue weighted by molar-refractivity contribution is 0.101. The molecule has 0 aliphatic rings. The molecular weight excluding hydrogens is 284 g/mol. The number of carbonyl (C=O) groups excluding carboxylic acids is 1. The predicted molar refractivity (Wildman–Crippen MR) is 68.0 cm³/mol. The first-order valence-electron chi connectivity index (χ1n) is 5.03. The molecule has 0 unspecified atom stereocenters. The number of hydrogen-bond acceptors (Lipinski definition) is 3. The number of hydrogen-bond donors (Lipinski definition) is 2. The number of aromatic amines is 1. The first kappa shape index (κ1) is 11.8. The molecule has 0 fully saturated rings. The van der Waals surface area contributed by atoms with Crippen molar-refractivity contribution in [2.75, 3.05) is 5.32 Å². The van der Waals surface area contributed by atoms with E-state index in [4.69, 9.17) is 0 Å². The highest BCUT2D eigenvalue weighted by molar-refractivity contribution is 9.10. The number of benzene rings is 1. The van der Waals surface area contributed by atoms with Crippen molar-refractivity contribution >= 4 is 27.5 Å². The van der Waals surface area contributed by atoms with Gasteiger partial charge in [-0.1, -0.05) is 22.0 Å². The van der Waals surface area contributed by atoms with E-state index in [1.165, 1.54) is 0 Å². The minimum Gasteiger partial charge on any atom is -0.319 e. The van der Waals surface area contributed by atoms with Crippen LogP contribution in [0.25, 0.3) is 0 Å². The van der Waals surface area contributed by atoms with Crippen molar-refractivity contribution in [1.29, 1.82) is 0 Å². The molecule has 0 saturated carbocycles. The topological polar surface area (TPSA) is 70.7 Å². The van der Waals surface area contributed by atoms with Crippen molar-refractivity contribution < 1.29 is 4.79 Å². The number of carbonyl (C=O) groups is 1. The lowest BCUT2D eigenvalue weighted by atomic mass is 10.2. The molecule has 1 amide bonds. The number of halogens is 1. The zero-order valence-electron chi connectivity index (χ0n) is 9.41. The monoisotopic (exact) mass is 294 g/mol. The smallest absolute Gasteiger partial charge is 0.295 e. The number of H-pyrrole nitrogens is 1. The number of nitrogens with zero attached hydrogens (tertiary/aromatic N) is 2. The highest BCUT2D eigenvalue weighted by Gasteiger charge is 2.11. The molecule has 0 bridgehead atoms. The molecule has 0 spiro atoms. The Morgan fingerprint density at radius 2 is 2.18 bits per heavy atom. The van der Waals surface area contributed by atoms with Gasteiger partial charge in [0.25, 0.3) is 5.91 Å². The minimum atomic E-state index is -0.329. The van der Waals surface area contributed by atoms with Crippen LogP contribution in [0.5, 0.6) is 0 Å². The first-order chi connectivity index (χ1) is 8.06. The molecule has 88 valence electrons. The van der Waals surface area contributed by atoms with Crippen molar-refractivity contribution in [1.82, 2.24) is 15.2 Å². The molecule has 0 aliphatic heterocycles. The second-order valence-corrected chi connectivity index (χ2v) is 4.52. The van der Waals surface area contributed by atoms with Gasteiger partial charge in [0.1, 0.15) is 5.82 Å². The number of rotatable bonds is 2. The van der Waals surface area contributed by atoms with Crippen LogP contribution in [0.4, 0.5) is 5.69 Å². The Bertz CT molecular complexity index is 564. The Labute approximate surface area is 107 Å². The predicted octanol–water partition coefficient (Wildman–Crippen LogP) is 2.44. The van der Waals surface area contributed by atoms with Gasteiger partial charge in [-0.2, -0.15) is 0 Å². The zero-order chi connectivity index (χ0) is 12.4. The number of aryl methyl sites for hydroxylation is 2. The van der Waals surface area contributed by atoms with Crippen molar-refractivity contribution in [2.24, 2.45) is 0 Å². The van der Waals surface area contributed by atoms with Crippen molar-refractivity contribution in [3.63, 3.8) is 0 Å². The zero-order valence-corrected chi connectivity index (χ0v) is 11.0. The number of anilines is 1. The molecule has 2 N–H and O–H groups in total. The van der Waals surface area contributed by atoms with Gasteiger partial charge in [-0.3, -0.25) is 9.89 Å². The van der Waals surface area contributed by atoms with Crippen LogP contribution in [0.2, 0.25) is 0 Å². The molecule has 1 aromatic heterocycles. The lowest BCUT2D eigenvalue weighted by Crippen LogP contribution is -2.13. The van der Waals surface area contributed by atoms with E-state index in [0.717, 1.165) is 10.0 Å². The Hall–Kier alpha value is -1.69. The van der Waals surface area contributed by atoms with Crippen LogP contribution in [0.3, 0.4) is 0 Å². The van der Waals surface area contributed by atoms with Gasteiger partial charge in [0.2, 0.25) is 5.82 Å². The molecule has 0 aliphatic carbocycles. The summed E-state index contributed by atoms with van der Waals surface area (Å²) in [5.74, 6) is 0.421. The summed E-state index contributed by atoms with van der Waals surface area (Å²) in [4.78, 5) is 15.7. The molecule has 0 saturated heterocycles. The van der Waals surface area contributed by atoms with E-state index in [9.17, 15) is 4.79 Å². The number of nitrogens with one attached hydrogen (secondary N) is 2. The highest BCUT2D eigenvalue weighted by Crippen LogP contribution is 2.20. The van der Waals surface area contributed by atoms with Crippen molar-refractivity contribution in [3.05, 3.63) is 39.9 Å². The fraction of sp³-hybridized carbons (Fsp3) is 0.182. The van der Waals surface area contributed by atoms with Crippen molar-refractivity contribution in [2.45, 2.75) is 13.8 Å². The van der Waals surface area contributed by atoms with Crippen molar-refractivity contribution in [3.8, 4) is 0 Å². The van der Waals surface area contributed by atoms with Gasteiger partial charge in [0, 0.05) is 10.2 Å². The Kier molecular flexibility index (Phi) is 3.23. The Morgan fingerprint density at radius 3 is 2.76 bits per heavy atom. The summed E-state index contributed by atoms with van der Waals surface area (Å²) in [5, 5.41) is 9.14. The van der Waals surface area contributed by atoms with E-state index in [1.807, 2.05) is 25.1 Å². The summed E-state index contributed by atoms with van der Waals surface area (Å²) in [6.45, 7) is 3.72. The maximum absolute atomic E-state index is 11.8. The fourth-order valence-corrected chi connectivity index (χ4v) is 1.68. The first-order valence-corrected chi connectivity index (χ1v) is 5.82. The van der Waals surface area contributed by atoms with Gasteiger partial charge in [0.15, 0.2) is 0 Å². The molecule has 2 aromatic rings. The second kappa shape index (κ2) is 4.67. The molecular formula is C11H11BrN4O. The molecule has 5 nitrogen and oxygen atoms in total. The maximum atomic E-state index is 11.8. The van der Waals surface area contributed by atoms with E-state index in [-0.39, 0.29) is 11.7 Å². The molecule has 1 aromatic carbocycles. The average Bonchev–Trinajstić information content (AvgIpc) is 2.70. The van der Waals surface area contributed by atoms with E-state index in [1.54, 1.807) is 6.92 Å². The molecule has 0 radical (unpaired) electrons. The van der Waals surface area contributed by atoms with Gasteiger partial charge < -0.3 is 5.32 Å². The highest BCUT2D eigenvalue weighted by atomic mass is 79.9. The minimum absolute atomic E-state index is 0.138. The summed E-state index contributed by atoms with van der Waals surface area (Å²) in [5.41, 5.74) is 1.81. The lowest BCUT2D eigenvalue weighted by Gasteiger charge is -2.04. The standard InChI is InChI=1S/C11H11BrN4O/c1-6-3-4-8(5-9(6)12)14-11(17)10-13-7(2)15-16-10/h3-5H,1-2H3,(H,14,17)(H,13,15,16). The Balaban J connectivity index is 2.15. The van der Waals surface area contributed by atoms with Gasteiger partial charge in [0.05, 0.1) is 0 Å². The van der Waals surface area contributed by atoms with E-state index in [0.29, 0.717) is 11.5 Å². The van der Waals surface area contributed by atoms with Crippen LogP contribution >= 0.6 is 15.9 Å².